The van der Waals surface area contributed by atoms with Gasteiger partial charge in [0.25, 0.3) is 0 Å². The van der Waals surface area contributed by atoms with Crippen LogP contribution in [0.15, 0.2) is 4.52 Å². The summed E-state index contributed by atoms with van der Waals surface area (Å²) in [6, 6.07) is 0. The van der Waals surface area contributed by atoms with Crippen LogP contribution < -0.4 is 5.32 Å². The Balaban J connectivity index is 1.82. The highest BCUT2D eigenvalue weighted by atomic mass is 16.5. The van der Waals surface area contributed by atoms with Crippen LogP contribution in [-0.2, 0) is 15.6 Å². The molecule has 2 aliphatic heterocycles. The molecule has 1 aromatic heterocycles. The molecule has 3 heterocycles. The van der Waals surface area contributed by atoms with E-state index in [0.29, 0.717) is 0 Å². The van der Waals surface area contributed by atoms with Gasteiger partial charge in [0.2, 0.25) is 5.89 Å². The molecule has 0 bridgehead atoms. The molecule has 5 nitrogen and oxygen atoms in total. The Kier molecular flexibility index (Phi) is 3.35. The fourth-order valence-electron chi connectivity index (χ4n) is 2.95. The summed E-state index contributed by atoms with van der Waals surface area (Å²) in [5.74, 6) is 1.68. The zero-order chi connectivity index (χ0) is 13.3. The molecule has 1 aromatic rings. The average Bonchev–Trinajstić information content (AvgIpc) is 2.91. The molecule has 0 saturated carbocycles. The first-order chi connectivity index (χ1) is 9.12. The van der Waals surface area contributed by atoms with Crippen molar-refractivity contribution in [3.8, 4) is 0 Å². The Morgan fingerprint density at radius 3 is 2.37 bits per heavy atom. The van der Waals surface area contributed by atoms with E-state index in [1.165, 1.54) is 0 Å². The first-order valence-electron chi connectivity index (χ1n) is 7.26. The summed E-state index contributed by atoms with van der Waals surface area (Å²) in [5, 5.41) is 7.66. The molecule has 19 heavy (non-hydrogen) atoms. The van der Waals surface area contributed by atoms with Crippen LogP contribution in [0.2, 0.25) is 0 Å². The Morgan fingerprint density at radius 2 is 1.68 bits per heavy atom. The maximum atomic E-state index is 5.59. The van der Waals surface area contributed by atoms with E-state index >= 15 is 0 Å². The lowest BCUT2D eigenvalue weighted by molar-refractivity contribution is 0.0447. The van der Waals surface area contributed by atoms with E-state index in [2.05, 4.69) is 24.3 Å². The van der Waals surface area contributed by atoms with Crippen molar-refractivity contribution in [3.05, 3.63) is 11.7 Å². The second kappa shape index (κ2) is 4.87. The minimum absolute atomic E-state index is 0.00717. The number of hydrogen-bond acceptors (Lipinski definition) is 5. The quantitative estimate of drug-likeness (QED) is 0.883. The fraction of sp³-hybridized carbons (Fsp3) is 0.857. The number of aromatic nitrogens is 2. The highest BCUT2D eigenvalue weighted by molar-refractivity contribution is 5.11. The molecule has 106 valence electrons. The van der Waals surface area contributed by atoms with Crippen LogP contribution in [0.5, 0.6) is 0 Å². The van der Waals surface area contributed by atoms with Crippen molar-refractivity contribution < 1.29 is 9.26 Å². The highest BCUT2D eigenvalue weighted by Gasteiger charge is 2.39. The molecule has 2 aliphatic rings. The first kappa shape index (κ1) is 13.1. The number of nitrogens with one attached hydrogen (secondary N) is 1. The van der Waals surface area contributed by atoms with Crippen molar-refractivity contribution in [2.75, 3.05) is 26.3 Å². The smallest absolute Gasteiger partial charge is 0.232 e. The molecule has 5 heteroatoms. The topological polar surface area (TPSA) is 60.2 Å². The van der Waals surface area contributed by atoms with Gasteiger partial charge in [-0.05, 0) is 38.8 Å². The normalized spacial score (nSPS) is 26.2. The summed E-state index contributed by atoms with van der Waals surface area (Å²) in [6.07, 6.45) is 4.08. The van der Waals surface area contributed by atoms with Gasteiger partial charge in [0, 0.05) is 18.6 Å². The molecule has 3 rings (SSSR count). The number of hydrogen-bond donors (Lipinski definition) is 1. The van der Waals surface area contributed by atoms with Crippen molar-refractivity contribution in [1.82, 2.24) is 15.5 Å². The standard InChI is InChI=1S/C14H23N3O2/c1-13(3-7-15-8-4-13)11-16-12(19-17-11)14(2)5-9-18-10-6-14/h15H,3-10H2,1-2H3. The van der Waals surface area contributed by atoms with E-state index in [0.717, 1.165) is 63.7 Å². The zero-order valence-corrected chi connectivity index (χ0v) is 11.9. The van der Waals surface area contributed by atoms with E-state index in [-0.39, 0.29) is 10.8 Å². The molecular weight excluding hydrogens is 242 g/mol. The van der Waals surface area contributed by atoms with Crippen LogP contribution in [0.4, 0.5) is 0 Å². The van der Waals surface area contributed by atoms with Gasteiger partial charge in [-0.2, -0.15) is 4.98 Å². The molecule has 0 unspecified atom stereocenters. The van der Waals surface area contributed by atoms with Gasteiger partial charge in [0.1, 0.15) is 0 Å². The van der Waals surface area contributed by atoms with Crippen LogP contribution in [0.3, 0.4) is 0 Å². The fourth-order valence-corrected chi connectivity index (χ4v) is 2.95. The van der Waals surface area contributed by atoms with E-state index in [9.17, 15) is 0 Å². The van der Waals surface area contributed by atoms with Gasteiger partial charge in [0.05, 0.1) is 5.41 Å². The third kappa shape index (κ3) is 2.41. The molecule has 0 spiro atoms. The largest absolute Gasteiger partial charge is 0.381 e. The highest BCUT2D eigenvalue weighted by Crippen LogP contribution is 2.36. The zero-order valence-electron chi connectivity index (χ0n) is 11.9. The summed E-state index contributed by atoms with van der Waals surface area (Å²) in [5.41, 5.74) is 0.0568. The molecule has 0 aliphatic carbocycles. The van der Waals surface area contributed by atoms with Crippen LogP contribution in [0.1, 0.15) is 51.2 Å². The summed E-state index contributed by atoms with van der Waals surface area (Å²) in [6.45, 7) is 8.09. The SMILES string of the molecule is CC1(c2noc(C3(C)CCOCC3)n2)CCNCC1. The maximum absolute atomic E-state index is 5.59. The van der Waals surface area contributed by atoms with E-state index in [1.807, 2.05) is 0 Å². The summed E-state index contributed by atoms with van der Waals surface area (Å²) < 4.78 is 11.0. The second-order valence-electron chi connectivity index (χ2n) is 6.41. The Bertz CT molecular complexity index is 393. The van der Waals surface area contributed by atoms with E-state index in [1.54, 1.807) is 0 Å². The number of piperidine rings is 1. The van der Waals surface area contributed by atoms with Gasteiger partial charge in [-0.15, -0.1) is 0 Å². The summed E-state index contributed by atoms with van der Waals surface area (Å²) in [7, 11) is 0. The van der Waals surface area contributed by atoms with Crippen molar-refractivity contribution in [2.45, 2.75) is 50.4 Å². The van der Waals surface area contributed by atoms with Crippen LogP contribution in [0, 0.1) is 0 Å². The molecule has 0 aromatic carbocycles. The lowest BCUT2D eigenvalue weighted by atomic mass is 9.79. The minimum Gasteiger partial charge on any atom is -0.381 e. The molecule has 2 fully saturated rings. The third-order valence-electron chi connectivity index (χ3n) is 4.79. The van der Waals surface area contributed by atoms with E-state index in [4.69, 9.17) is 14.2 Å². The van der Waals surface area contributed by atoms with Crippen molar-refractivity contribution in [1.29, 1.82) is 0 Å². The van der Waals surface area contributed by atoms with E-state index < -0.39 is 0 Å². The predicted molar refractivity (Wildman–Crippen MR) is 71.2 cm³/mol. The van der Waals surface area contributed by atoms with Gasteiger partial charge in [-0.1, -0.05) is 19.0 Å². The predicted octanol–water partition coefficient (Wildman–Crippen LogP) is 1.78. The van der Waals surface area contributed by atoms with Crippen molar-refractivity contribution in [3.63, 3.8) is 0 Å². The van der Waals surface area contributed by atoms with Gasteiger partial charge in [-0.25, -0.2) is 0 Å². The number of rotatable bonds is 2. The van der Waals surface area contributed by atoms with Crippen LogP contribution >= 0.6 is 0 Å². The average molecular weight is 265 g/mol. The van der Waals surface area contributed by atoms with Gasteiger partial charge in [0.15, 0.2) is 5.82 Å². The molecule has 0 atom stereocenters. The molecule has 0 amide bonds. The number of nitrogens with zero attached hydrogens (tertiary/aromatic N) is 2. The Morgan fingerprint density at radius 1 is 1.00 bits per heavy atom. The minimum atomic E-state index is -0.00717. The Hall–Kier alpha value is -0.940. The lowest BCUT2D eigenvalue weighted by Gasteiger charge is -2.31. The van der Waals surface area contributed by atoms with Gasteiger partial charge in [-0.3, -0.25) is 0 Å². The Labute approximate surface area is 114 Å². The van der Waals surface area contributed by atoms with Crippen LogP contribution in [0.25, 0.3) is 0 Å². The lowest BCUT2D eigenvalue weighted by Crippen LogP contribution is -2.38. The number of ether oxygens (including phenoxy) is 1. The van der Waals surface area contributed by atoms with Crippen LogP contribution in [-0.4, -0.2) is 36.4 Å². The summed E-state index contributed by atoms with van der Waals surface area (Å²) >= 11 is 0. The first-order valence-corrected chi connectivity index (χ1v) is 7.26. The van der Waals surface area contributed by atoms with Gasteiger partial charge >= 0.3 is 0 Å². The maximum Gasteiger partial charge on any atom is 0.232 e. The second-order valence-corrected chi connectivity index (χ2v) is 6.41. The molecule has 0 radical (unpaired) electrons. The van der Waals surface area contributed by atoms with Gasteiger partial charge < -0.3 is 14.6 Å². The molecule has 1 N–H and O–H groups in total. The molecule has 2 saturated heterocycles. The van der Waals surface area contributed by atoms with Crippen molar-refractivity contribution >= 4 is 0 Å². The third-order valence-corrected chi connectivity index (χ3v) is 4.79. The summed E-state index contributed by atoms with van der Waals surface area (Å²) in [4.78, 5) is 4.74. The van der Waals surface area contributed by atoms with Crippen molar-refractivity contribution in [2.24, 2.45) is 0 Å². The monoisotopic (exact) mass is 265 g/mol. The molecular formula is C14H23N3O2.